The van der Waals surface area contributed by atoms with Gasteiger partial charge in [-0.05, 0) is 65.3 Å². The number of nitrogens with zero attached hydrogens (tertiary/aromatic N) is 2. The van der Waals surface area contributed by atoms with Crippen molar-refractivity contribution < 1.29 is 0 Å². The lowest BCUT2D eigenvalue weighted by atomic mass is 9.96. The summed E-state index contributed by atoms with van der Waals surface area (Å²) in [6.07, 6.45) is 6.57. The van der Waals surface area contributed by atoms with E-state index in [9.17, 15) is 0 Å². The summed E-state index contributed by atoms with van der Waals surface area (Å²) in [5.41, 5.74) is 0. The summed E-state index contributed by atoms with van der Waals surface area (Å²) < 4.78 is 0. The maximum atomic E-state index is 3.70. The van der Waals surface area contributed by atoms with Crippen molar-refractivity contribution in [3.05, 3.63) is 0 Å². The fourth-order valence-electron chi connectivity index (χ4n) is 3.09. The molecule has 1 rings (SSSR count). The second-order valence-electron chi connectivity index (χ2n) is 6.41. The molecule has 0 bridgehead atoms. The largest absolute Gasteiger partial charge is 0.313 e. The molecule has 0 radical (unpaired) electrons. The first kappa shape index (κ1) is 16.9. The third-order valence-corrected chi connectivity index (χ3v) is 4.26. The highest BCUT2D eigenvalue weighted by Gasteiger charge is 2.19. The molecular weight excluding hydrogens is 234 g/mol. The number of nitrogens with one attached hydrogen (secondary N) is 1. The van der Waals surface area contributed by atoms with Gasteiger partial charge in [0.2, 0.25) is 0 Å². The third-order valence-electron chi connectivity index (χ3n) is 4.26. The van der Waals surface area contributed by atoms with E-state index in [2.05, 4.69) is 43.1 Å². The molecule has 0 aromatic rings. The van der Waals surface area contributed by atoms with Gasteiger partial charge in [0.25, 0.3) is 0 Å². The van der Waals surface area contributed by atoms with Crippen LogP contribution < -0.4 is 5.32 Å². The van der Waals surface area contributed by atoms with Crippen LogP contribution >= 0.6 is 0 Å². The van der Waals surface area contributed by atoms with Crippen LogP contribution in [0.4, 0.5) is 0 Å². The van der Waals surface area contributed by atoms with Crippen molar-refractivity contribution in [1.29, 1.82) is 0 Å². The van der Waals surface area contributed by atoms with Gasteiger partial charge in [-0.3, -0.25) is 0 Å². The molecule has 114 valence electrons. The van der Waals surface area contributed by atoms with Crippen LogP contribution in [-0.2, 0) is 0 Å². The van der Waals surface area contributed by atoms with Crippen molar-refractivity contribution in [1.82, 2.24) is 15.1 Å². The Morgan fingerprint density at radius 3 is 2.47 bits per heavy atom. The van der Waals surface area contributed by atoms with Gasteiger partial charge in [0.1, 0.15) is 0 Å². The summed E-state index contributed by atoms with van der Waals surface area (Å²) in [6.45, 7) is 10.8. The van der Waals surface area contributed by atoms with E-state index in [1.807, 2.05) is 0 Å². The lowest BCUT2D eigenvalue weighted by Crippen LogP contribution is -2.42. The highest BCUT2D eigenvalue weighted by atomic mass is 15.1. The molecule has 1 unspecified atom stereocenters. The highest BCUT2D eigenvalue weighted by Crippen LogP contribution is 2.17. The molecule has 0 aromatic carbocycles. The first-order valence-corrected chi connectivity index (χ1v) is 8.26. The Hall–Kier alpha value is -0.120. The monoisotopic (exact) mass is 269 g/mol. The van der Waals surface area contributed by atoms with Gasteiger partial charge in [0, 0.05) is 19.1 Å². The molecule has 19 heavy (non-hydrogen) atoms. The molecule has 3 nitrogen and oxygen atoms in total. The SMILES string of the molecule is CCCNC(CCC)CN(C)CC1CCN(C)CC1. The minimum atomic E-state index is 0.682. The number of likely N-dealkylation sites (N-methyl/N-ethyl adjacent to an activating group) is 1. The van der Waals surface area contributed by atoms with Crippen LogP contribution in [-0.4, -0.2) is 62.7 Å². The predicted octanol–water partition coefficient (Wildman–Crippen LogP) is 2.43. The maximum Gasteiger partial charge on any atom is 0.0194 e. The minimum Gasteiger partial charge on any atom is -0.313 e. The highest BCUT2D eigenvalue weighted by molar-refractivity contribution is 4.75. The van der Waals surface area contributed by atoms with Gasteiger partial charge in [0.15, 0.2) is 0 Å². The molecule has 1 heterocycles. The van der Waals surface area contributed by atoms with E-state index in [0.717, 1.165) is 12.5 Å². The molecular formula is C16H35N3. The summed E-state index contributed by atoms with van der Waals surface area (Å²) in [5, 5.41) is 3.70. The van der Waals surface area contributed by atoms with Crippen LogP contribution in [0.5, 0.6) is 0 Å². The van der Waals surface area contributed by atoms with Crippen molar-refractivity contribution in [2.75, 3.05) is 46.8 Å². The van der Waals surface area contributed by atoms with Crippen molar-refractivity contribution >= 4 is 0 Å². The molecule has 1 aliphatic rings. The van der Waals surface area contributed by atoms with Gasteiger partial charge in [-0.25, -0.2) is 0 Å². The van der Waals surface area contributed by atoms with Crippen molar-refractivity contribution in [2.45, 2.75) is 52.0 Å². The van der Waals surface area contributed by atoms with E-state index in [-0.39, 0.29) is 0 Å². The number of rotatable bonds is 9. The van der Waals surface area contributed by atoms with Crippen molar-refractivity contribution in [2.24, 2.45) is 5.92 Å². The van der Waals surface area contributed by atoms with Crippen LogP contribution in [0.2, 0.25) is 0 Å². The van der Waals surface area contributed by atoms with E-state index >= 15 is 0 Å². The number of likely N-dealkylation sites (tertiary alicyclic amines) is 1. The fraction of sp³-hybridized carbons (Fsp3) is 1.00. The zero-order chi connectivity index (χ0) is 14.1. The minimum absolute atomic E-state index is 0.682. The standard InChI is InChI=1S/C16H35N3/c1-5-7-16(17-10-6-2)14-19(4)13-15-8-11-18(3)12-9-15/h15-17H,5-14H2,1-4H3. The van der Waals surface area contributed by atoms with Gasteiger partial charge in [-0.2, -0.15) is 0 Å². The molecule has 0 saturated carbocycles. The maximum absolute atomic E-state index is 3.70. The summed E-state index contributed by atoms with van der Waals surface area (Å²) in [6, 6.07) is 0.682. The average Bonchev–Trinajstić information content (AvgIpc) is 2.39. The Balaban J connectivity index is 2.24. The van der Waals surface area contributed by atoms with E-state index in [4.69, 9.17) is 0 Å². The molecule has 0 aromatic heterocycles. The molecule has 1 N–H and O–H groups in total. The van der Waals surface area contributed by atoms with Crippen LogP contribution in [0.1, 0.15) is 46.0 Å². The molecule has 0 amide bonds. The Morgan fingerprint density at radius 2 is 1.89 bits per heavy atom. The van der Waals surface area contributed by atoms with E-state index < -0.39 is 0 Å². The molecule has 3 heteroatoms. The summed E-state index contributed by atoms with van der Waals surface area (Å²) in [7, 11) is 4.54. The predicted molar refractivity (Wildman–Crippen MR) is 84.7 cm³/mol. The Kier molecular flexibility index (Phi) is 8.67. The quantitative estimate of drug-likeness (QED) is 0.693. The van der Waals surface area contributed by atoms with Gasteiger partial charge in [-0.15, -0.1) is 0 Å². The lowest BCUT2D eigenvalue weighted by Gasteiger charge is -2.33. The first-order chi connectivity index (χ1) is 9.15. The van der Waals surface area contributed by atoms with E-state index in [1.54, 1.807) is 0 Å². The van der Waals surface area contributed by atoms with Crippen LogP contribution in [0.15, 0.2) is 0 Å². The zero-order valence-electron chi connectivity index (χ0n) is 13.6. The summed E-state index contributed by atoms with van der Waals surface area (Å²) >= 11 is 0. The van der Waals surface area contributed by atoms with Gasteiger partial charge in [-0.1, -0.05) is 20.3 Å². The number of hydrogen-bond donors (Lipinski definition) is 1. The van der Waals surface area contributed by atoms with Crippen LogP contribution in [0.25, 0.3) is 0 Å². The molecule has 1 aliphatic heterocycles. The summed E-state index contributed by atoms with van der Waals surface area (Å²) in [4.78, 5) is 5.01. The molecule has 1 atom stereocenters. The average molecular weight is 269 g/mol. The molecule has 0 spiro atoms. The Bertz CT molecular complexity index is 212. The van der Waals surface area contributed by atoms with Crippen molar-refractivity contribution in [3.63, 3.8) is 0 Å². The third kappa shape index (κ3) is 7.28. The zero-order valence-corrected chi connectivity index (χ0v) is 13.6. The first-order valence-electron chi connectivity index (χ1n) is 8.26. The van der Waals surface area contributed by atoms with Crippen LogP contribution in [0, 0.1) is 5.92 Å². The van der Waals surface area contributed by atoms with Gasteiger partial charge in [0.05, 0.1) is 0 Å². The van der Waals surface area contributed by atoms with E-state index in [0.29, 0.717) is 6.04 Å². The van der Waals surface area contributed by atoms with Crippen LogP contribution in [0.3, 0.4) is 0 Å². The molecule has 0 aliphatic carbocycles. The second kappa shape index (κ2) is 9.73. The molecule has 1 fully saturated rings. The smallest absolute Gasteiger partial charge is 0.0194 e. The number of hydrogen-bond acceptors (Lipinski definition) is 3. The Morgan fingerprint density at radius 1 is 1.21 bits per heavy atom. The molecule has 1 saturated heterocycles. The second-order valence-corrected chi connectivity index (χ2v) is 6.41. The fourth-order valence-corrected chi connectivity index (χ4v) is 3.09. The number of piperidine rings is 1. The Labute approximate surface area is 120 Å². The van der Waals surface area contributed by atoms with Gasteiger partial charge >= 0.3 is 0 Å². The summed E-state index contributed by atoms with van der Waals surface area (Å²) in [5.74, 6) is 0.912. The topological polar surface area (TPSA) is 18.5 Å². The van der Waals surface area contributed by atoms with E-state index in [1.165, 1.54) is 58.3 Å². The van der Waals surface area contributed by atoms with Gasteiger partial charge < -0.3 is 15.1 Å². The van der Waals surface area contributed by atoms with Crippen molar-refractivity contribution in [3.8, 4) is 0 Å². The normalized spacial score (nSPS) is 20.1. The lowest BCUT2D eigenvalue weighted by molar-refractivity contribution is 0.168.